The fourth-order valence-electron chi connectivity index (χ4n) is 0.518. The third-order valence-electron chi connectivity index (χ3n) is 0.987. The first kappa shape index (κ1) is 7.02. The number of pyridine rings is 1. The third kappa shape index (κ3) is 1.95. The molecule has 0 amide bonds. The molecule has 0 atom stereocenters. The van der Waals surface area contributed by atoms with Crippen molar-refractivity contribution in [3.05, 3.63) is 24.0 Å². The van der Waals surface area contributed by atoms with E-state index in [0.717, 1.165) is 5.69 Å². The van der Waals surface area contributed by atoms with E-state index in [1.54, 1.807) is 6.20 Å². The van der Waals surface area contributed by atoms with E-state index in [1.807, 2.05) is 12.1 Å². The fraction of sp³-hybridized carbons (Fsp3) is 0.167. The molecule has 0 saturated carbocycles. The van der Waals surface area contributed by atoms with Gasteiger partial charge >= 0.3 is 66.8 Å². The van der Waals surface area contributed by atoms with Crippen LogP contribution >= 0.6 is 0 Å². The number of hydrogen-bond acceptors (Lipinski definition) is 2. The van der Waals surface area contributed by atoms with Crippen LogP contribution in [0.4, 0.5) is 0 Å². The van der Waals surface area contributed by atoms with E-state index in [-0.39, 0.29) is 6.61 Å². The van der Waals surface area contributed by atoms with Gasteiger partial charge in [-0.1, -0.05) is 0 Å². The summed E-state index contributed by atoms with van der Waals surface area (Å²) in [4.78, 5) is 3.97. The number of aromatic nitrogens is 1. The van der Waals surface area contributed by atoms with E-state index in [9.17, 15) is 0 Å². The van der Waals surface area contributed by atoms with Gasteiger partial charge in [-0.15, -0.1) is 0 Å². The van der Waals surface area contributed by atoms with Gasteiger partial charge in [0.15, 0.2) is 0 Å². The van der Waals surface area contributed by atoms with Crippen molar-refractivity contribution in [3.63, 3.8) is 0 Å². The Balaban J connectivity index is 2.88. The molecule has 0 unspecified atom stereocenters. The fourth-order valence-corrected chi connectivity index (χ4v) is 0.940. The Labute approximate surface area is 67.0 Å². The molecule has 1 N–H and O–H groups in total. The van der Waals surface area contributed by atoms with Crippen molar-refractivity contribution in [1.29, 1.82) is 0 Å². The summed E-state index contributed by atoms with van der Waals surface area (Å²) >= 11 is 1.36. The number of rotatable bonds is 1. The minimum absolute atomic E-state index is 0.0381. The van der Waals surface area contributed by atoms with Crippen molar-refractivity contribution < 1.29 is 5.11 Å². The number of hydrogen-bond donors (Lipinski definition) is 1. The van der Waals surface area contributed by atoms with Crippen LogP contribution in [0.25, 0.3) is 0 Å². The first-order valence-corrected chi connectivity index (χ1v) is 4.03. The first-order chi connectivity index (χ1) is 4.33. The second-order valence-electron chi connectivity index (χ2n) is 1.70. The van der Waals surface area contributed by atoms with E-state index in [2.05, 4.69) is 4.98 Å². The molecule has 3 heteroatoms. The van der Waals surface area contributed by atoms with Crippen molar-refractivity contribution in [2.45, 2.75) is 6.61 Å². The molecule has 0 spiro atoms. The van der Waals surface area contributed by atoms with Gasteiger partial charge in [0, 0.05) is 0 Å². The Morgan fingerprint density at radius 3 is 2.78 bits per heavy atom. The summed E-state index contributed by atoms with van der Waals surface area (Å²) in [6, 6.07) is 3.81. The molecular weight excluding hydrogens is 221 g/mol. The molecule has 2 nitrogen and oxygen atoms in total. The van der Waals surface area contributed by atoms with Crippen LogP contribution in [-0.4, -0.2) is 32.6 Å². The van der Waals surface area contributed by atoms with Crippen molar-refractivity contribution >= 4 is 26.1 Å². The first-order valence-electron chi connectivity index (χ1n) is 2.60. The van der Waals surface area contributed by atoms with Gasteiger partial charge in [0.1, 0.15) is 0 Å². The maximum absolute atomic E-state index is 8.57. The second kappa shape index (κ2) is 3.17. The van der Waals surface area contributed by atoms with Gasteiger partial charge in [-0.2, -0.15) is 0 Å². The summed E-state index contributed by atoms with van der Waals surface area (Å²) in [5.74, 6) is 0. The predicted octanol–water partition coefficient (Wildman–Crippen LogP) is -0.632. The van der Waals surface area contributed by atoms with E-state index < -0.39 is 0 Å². The van der Waals surface area contributed by atoms with Crippen LogP contribution in [0.1, 0.15) is 5.69 Å². The van der Waals surface area contributed by atoms with E-state index in [0.29, 0.717) is 0 Å². The summed E-state index contributed by atoms with van der Waals surface area (Å²) in [6.07, 6.45) is 1.78. The number of nitrogens with zero attached hydrogens (tertiary/aromatic N) is 1. The summed E-state index contributed by atoms with van der Waals surface area (Å²) in [6.45, 7) is 0.0381. The average Bonchev–Trinajstić information content (AvgIpc) is 1.90. The minimum atomic E-state index is 0.0381. The normalized spacial score (nSPS) is 9.56. The van der Waals surface area contributed by atoms with Gasteiger partial charge in [-0.25, -0.2) is 0 Å². The predicted molar refractivity (Wildman–Crippen MR) is 35.5 cm³/mol. The van der Waals surface area contributed by atoms with E-state index in [4.69, 9.17) is 5.11 Å². The topological polar surface area (TPSA) is 33.1 Å². The molecule has 45 valence electrons. The number of aliphatic hydroxyl groups excluding tert-OH is 1. The summed E-state index contributed by atoms with van der Waals surface area (Å²) < 4.78 is 1.21. The van der Waals surface area contributed by atoms with Crippen LogP contribution in [0.2, 0.25) is 0 Å². The van der Waals surface area contributed by atoms with E-state index in [1.165, 1.54) is 26.1 Å². The SMILES string of the molecule is OCc1cc[c]([Sn])cn1. The van der Waals surface area contributed by atoms with Crippen molar-refractivity contribution in [2.75, 3.05) is 0 Å². The van der Waals surface area contributed by atoms with Crippen LogP contribution in [-0.2, 0) is 6.61 Å². The molecule has 0 fully saturated rings. The van der Waals surface area contributed by atoms with Gasteiger partial charge in [0.2, 0.25) is 0 Å². The van der Waals surface area contributed by atoms with Gasteiger partial charge in [0.25, 0.3) is 0 Å². The molecule has 0 aliphatic heterocycles. The molecule has 0 aliphatic rings. The van der Waals surface area contributed by atoms with Crippen LogP contribution in [0.3, 0.4) is 0 Å². The zero-order chi connectivity index (χ0) is 6.69. The Hall–Kier alpha value is -0.0913. The molecule has 0 bridgehead atoms. The Morgan fingerprint density at radius 2 is 2.33 bits per heavy atom. The zero-order valence-corrected chi connectivity index (χ0v) is 7.69. The molecule has 0 aromatic carbocycles. The van der Waals surface area contributed by atoms with Crippen LogP contribution in [0.5, 0.6) is 0 Å². The zero-order valence-electron chi connectivity index (χ0n) is 4.83. The molecule has 0 aliphatic carbocycles. The third-order valence-corrected chi connectivity index (χ3v) is 1.83. The second-order valence-corrected chi connectivity index (χ2v) is 3.34. The molecule has 9 heavy (non-hydrogen) atoms. The summed E-state index contributed by atoms with van der Waals surface area (Å²) in [7, 11) is 0. The molecule has 3 radical (unpaired) electrons. The van der Waals surface area contributed by atoms with Gasteiger partial charge < -0.3 is 0 Å². The monoisotopic (exact) mass is 228 g/mol. The number of aliphatic hydroxyl groups is 1. The quantitative estimate of drug-likeness (QED) is 0.647. The Morgan fingerprint density at radius 1 is 1.56 bits per heavy atom. The summed E-state index contributed by atoms with van der Waals surface area (Å²) in [5, 5.41) is 8.57. The van der Waals surface area contributed by atoms with Crippen molar-refractivity contribution in [2.24, 2.45) is 0 Å². The Kier molecular flexibility index (Phi) is 2.47. The van der Waals surface area contributed by atoms with Gasteiger partial charge in [0.05, 0.1) is 0 Å². The van der Waals surface area contributed by atoms with Crippen LogP contribution < -0.4 is 3.58 Å². The van der Waals surface area contributed by atoms with Gasteiger partial charge in [-0.05, 0) is 0 Å². The molecule has 0 saturated heterocycles. The van der Waals surface area contributed by atoms with Crippen molar-refractivity contribution in [3.8, 4) is 0 Å². The van der Waals surface area contributed by atoms with Crippen LogP contribution in [0.15, 0.2) is 18.3 Å². The van der Waals surface area contributed by atoms with Crippen molar-refractivity contribution in [1.82, 2.24) is 4.98 Å². The molecule has 1 rings (SSSR count). The molecule has 1 aromatic rings. The molecular formula is C6H6NOSn. The average molecular weight is 227 g/mol. The molecule has 1 heterocycles. The maximum atomic E-state index is 8.57. The van der Waals surface area contributed by atoms with Crippen LogP contribution in [0, 0.1) is 0 Å². The van der Waals surface area contributed by atoms with E-state index >= 15 is 0 Å². The Bertz CT molecular complexity index is 185. The summed E-state index contributed by atoms with van der Waals surface area (Å²) in [5.41, 5.74) is 0.737. The standard InChI is InChI=1S/C6H6NO.Sn/c8-5-6-3-1-2-4-7-6;/h1,3-4,8H,5H2;. The van der Waals surface area contributed by atoms with Gasteiger partial charge in [-0.3, -0.25) is 0 Å². The molecule has 1 aromatic heterocycles.